The van der Waals surface area contributed by atoms with E-state index in [0.29, 0.717) is 23.4 Å². The second-order valence-corrected chi connectivity index (χ2v) is 7.87. The van der Waals surface area contributed by atoms with Crippen LogP contribution in [0.3, 0.4) is 0 Å². The fourth-order valence-corrected chi connectivity index (χ4v) is 4.93. The highest BCUT2D eigenvalue weighted by atomic mass is 32.2. The molecule has 0 bridgehead atoms. The third kappa shape index (κ3) is 3.54. The van der Waals surface area contributed by atoms with Gasteiger partial charge in [-0.1, -0.05) is 32.9 Å². The number of benzene rings is 1. The summed E-state index contributed by atoms with van der Waals surface area (Å²) < 4.78 is 28.1. The Morgan fingerprint density at radius 3 is 2.61 bits per heavy atom. The van der Waals surface area contributed by atoms with E-state index in [2.05, 4.69) is 4.98 Å². The summed E-state index contributed by atoms with van der Waals surface area (Å²) in [5, 5.41) is 1.52. The van der Waals surface area contributed by atoms with E-state index in [4.69, 9.17) is 5.73 Å². The summed E-state index contributed by atoms with van der Waals surface area (Å²) in [6.45, 7) is 6.75. The average molecular weight is 335 g/mol. The maximum atomic E-state index is 13.3. The van der Waals surface area contributed by atoms with Gasteiger partial charge in [-0.25, -0.2) is 8.42 Å². The Labute approximate surface area is 138 Å². The van der Waals surface area contributed by atoms with Gasteiger partial charge in [-0.3, -0.25) is 4.98 Å². The molecule has 0 aliphatic rings. The van der Waals surface area contributed by atoms with Crippen LogP contribution in [0.2, 0.25) is 0 Å². The second-order valence-electron chi connectivity index (χ2n) is 6.02. The Hall–Kier alpha value is -1.50. The largest absolute Gasteiger partial charge is 0.329 e. The first-order chi connectivity index (χ1) is 10.9. The molecule has 5 nitrogen and oxygen atoms in total. The van der Waals surface area contributed by atoms with Crippen LogP contribution in [-0.2, 0) is 10.0 Å². The van der Waals surface area contributed by atoms with Crippen molar-refractivity contribution in [2.24, 2.45) is 11.7 Å². The molecule has 126 valence electrons. The van der Waals surface area contributed by atoms with E-state index in [9.17, 15) is 8.42 Å². The lowest BCUT2D eigenvalue weighted by atomic mass is 10.0. The number of hydrogen-bond donors (Lipinski definition) is 1. The van der Waals surface area contributed by atoms with Crippen LogP contribution in [0.15, 0.2) is 41.6 Å². The van der Waals surface area contributed by atoms with Crippen molar-refractivity contribution in [3.05, 3.63) is 36.7 Å². The van der Waals surface area contributed by atoms with Gasteiger partial charge in [0.15, 0.2) is 0 Å². The number of aromatic nitrogens is 1. The van der Waals surface area contributed by atoms with Gasteiger partial charge in [-0.05, 0) is 24.5 Å². The summed E-state index contributed by atoms with van der Waals surface area (Å²) in [4.78, 5) is 4.39. The summed E-state index contributed by atoms with van der Waals surface area (Å²) in [6.07, 6.45) is 4.05. The standard InChI is InChI=1S/C17H25N3O2S/c1-4-10-20(16(11-18)13(2)3)23(21,22)17-7-5-6-14-12-19-9-8-15(14)17/h5-9,12-13,16H,4,10-11,18H2,1-3H3. The molecular formula is C17H25N3O2S. The number of nitrogens with zero attached hydrogens (tertiary/aromatic N) is 2. The molecule has 0 saturated carbocycles. The number of nitrogens with two attached hydrogens (primary N) is 1. The molecule has 1 aromatic carbocycles. The Morgan fingerprint density at radius 2 is 2.00 bits per heavy atom. The Bertz CT molecular complexity index is 754. The molecule has 2 N–H and O–H groups in total. The minimum atomic E-state index is -3.62. The van der Waals surface area contributed by atoms with E-state index in [-0.39, 0.29) is 12.0 Å². The molecular weight excluding hydrogens is 310 g/mol. The molecule has 2 rings (SSSR count). The summed E-state index contributed by atoms with van der Waals surface area (Å²) in [5.41, 5.74) is 5.88. The van der Waals surface area contributed by atoms with Gasteiger partial charge >= 0.3 is 0 Å². The SMILES string of the molecule is CCCN(C(CN)C(C)C)S(=O)(=O)c1cccc2cnccc12. The maximum absolute atomic E-state index is 13.3. The van der Waals surface area contributed by atoms with Crippen LogP contribution in [-0.4, -0.2) is 36.8 Å². The normalized spacial score (nSPS) is 13.8. The average Bonchev–Trinajstić information content (AvgIpc) is 2.53. The summed E-state index contributed by atoms with van der Waals surface area (Å²) >= 11 is 0. The lowest BCUT2D eigenvalue weighted by Crippen LogP contribution is -2.47. The molecule has 2 aromatic rings. The summed E-state index contributed by atoms with van der Waals surface area (Å²) in [5.74, 6) is 0.151. The van der Waals surface area contributed by atoms with Gasteiger partial charge in [-0.15, -0.1) is 0 Å². The zero-order valence-corrected chi connectivity index (χ0v) is 14.8. The van der Waals surface area contributed by atoms with Crippen LogP contribution >= 0.6 is 0 Å². The number of fused-ring (bicyclic) bond motifs is 1. The van der Waals surface area contributed by atoms with Gasteiger partial charge in [0.25, 0.3) is 0 Å². The predicted octanol–water partition coefficient (Wildman–Crippen LogP) is 2.62. The zero-order valence-electron chi connectivity index (χ0n) is 13.9. The van der Waals surface area contributed by atoms with Crippen molar-refractivity contribution in [3.63, 3.8) is 0 Å². The van der Waals surface area contributed by atoms with E-state index in [1.165, 1.54) is 0 Å². The molecule has 1 atom stereocenters. The van der Waals surface area contributed by atoms with Crippen molar-refractivity contribution < 1.29 is 8.42 Å². The molecule has 0 amide bonds. The third-order valence-corrected chi connectivity index (χ3v) is 6.03. The van der Waals surface area contributed by atoms with Crippen molar-refractivity contribution >= 4 is 20.8 Å². The van der Waals surface area contributed by atoms with Crippen molar-refractivity contribution in [1.82, 2.24) is 9.29 Å². The van der Waals surface area contributed by atoms with E-state index in [0.717, 1.165) is 11.8 Å². The molecule has 1 unspecified atom stereocenters. The number of sulfonamides is 1. The third-order valence-electron chi connectivity index (χ3n) is 4.05. The van der Waals surface area contributed by atoms with E-state index in [1.54, 1.807) is 34.9 Å². The van der Waals surface area contributed by atoms with E-state index in [1.807, 2.05) is 26.8 Å². The zero-order chi connectivity index (χ0) is 17.0. The van der Waals surface area contributed by atoms with E-state index < -0.39 is 10.0 Å². The lowest BCUT2D eigenvalue weighted by Gasteiger charge is -2.32. The predicted molar refractivity (Wildman–Crippen MR) is 93.6 cm³/mol. The highest BCUT2D eigenvalue weighted by Gasteiger charge is 2.32. The number of pyridine rings is 1. The van der Waals surface area contributed by atoms with Crippen LogP contribution in [0.4, 0.5) is 0 Å². The Kier molecular flexibility index (Phi) is 5.73. The topological polar surface area (TPSA) is 76.3 Å². The first-order valence-electron chi connectivity index (χ1n) is 7.98. The van der Waals surface area contributed by atoms with Gasteiger partial charge in [0.2, 0.25) is 10.0 Å². The quantitative estimate of drug-likeness (QED) is 0.844. The first-order valence-corrected chi connectivity index (χ1v) is 9.42. The van der Waals surface area contributed by atoms with E-state index >= 15 is 0 Å². The molecule has 6 heteroatoms. The molecule has 0 aliphatic carbocycles. The molecule has 23 heavy (non-hydrogen) atoms. The van der Waals surface area contributed by atoms with Crippen molar-refractivity contribution in [1.29, 1.82) is 0 Å². The Balaban J connectivity index is 2.60. The van der Waals surface area contributed by atoms with Gasteiger partial charge in [0.05, 0.1) is 4.90 Å². The molecule has 1 aromatic heterocycles. The number of hydrogen-bond acceptors (Lipinski definition) is 4. The monoisotopic (exact) mass is 335 g/mol. The van der Waals surface area contributed by atoms with Gasteiger partial charge in [0, 0.05) is 42.3 Å². The van der Waals surface area contributed by atoms with Crippen LogP contribution in [0, 0.1) is 5.92 Å². The summed E-state index contributed by atoms with van der Waals surface area (Å²) in [6, 6.07) is 6.83. The number of rotatable bonds is 7. The fourth-order valence-electron chi connectivity index (χ4n) is 2.85. The van der Waals surface area contributed by atoms with Gasteiger partial charge in [-0.2, -0.15) is 4.31 Å². The first kappa shape index (κ1) is 17.8. The van der Waals surface area contributed by atoms with Crippen molar-refractivity contribution in [2.75, 3.05) is 13.1 Å². The van der Waals surface area contributed by atoms with Gasteiger partial charge in [0.1, 0.15) is 0 Å². The van der Waals surface area contributed by atoms with Crippen molar-refractivity contribution in [2.45, 2.75) is 38.1 Å². The minimum absolute atomic E-state index is 0.151. The van der Waals surface area contributed by atoms with Crippen molar-refractivity contribution in [3.8, 4) is 0 Å². The molecule has 0 fully saturated rings. The molecule has 0 saturated heterocycles. The second kappa shape index (κ2) is 7.38. The van der Waals surface area contributed by atoms with Crippen LogP contribution in [0.25, 0.3) is 10.8 Å². The molecule has 1 heterocycles. The molecule has 0 radical (unpaired) electrons. The molecule has 0 aliphatic heterocycles. The van der Waals surface area contributed by atoms with Gasteiger partial charge < -0.3 is 5.73 Å². The summed E-state index contributed by atoms with van der Waals surface area (Å²) in [7, 11) is -3.62. The lowest BCUT2D eigenvalue weighted by molar-refractivity contribution is 0.264. The smallest absolute Gasteiger partial charge is 0.243 e. The van der Waals surface area contributed by atoms with Crippen LogP contribution in [0.1, 0.15) is 27.2 Å². The fraction of sp³-hybridized carbons (Fsp3) is 0.471. The highest BCUT2D eigenvalue weighted by molar-refractivity contribution is 7.89. The van der Waals surface area contributed by atoms with Crippen LogP contribution < -0.4 is 5.73 Å². The maximum Gasteiger partial charge on any atom is 0.243 e. The minimum Gasteiger partial charge on any atom is -0.329 e. The molecule has 0 spiro atoms. The van der Waals surface area contributed by atoms with Crippen LogP contribution in [0.5, 0.6) is 0 Å². The Morgan fingerprint density at radius 1 is 1.26 bits per heavy atom. The highest BCUT2D eigenvalue weighted by Crippen LogP contribution is 2.27.